The number of halogens is 1. The maximum Gasteiger partial charge on any atom is 0.193 e. The molecular formula is C23H33IN4O2. The summed E-state index contributed by atoms with van der Waals surface area (Å²) in [7, 11) is 3.22. The van der Waals surface area contributed by atoms with Crippen molar-refractivity contribution in [2.45, 2.75) is 38.8 Å². The van der Waals surface area contributed by atoms with Gasteiger partial charge in [-0.05, 0) is 49.2 Å². The summed E-state index contributed by atoms with van der Waals surface area (Å²) in [6, 6.07) is 14.2. The van der Waals surface area contributed by atoms with E-state index in [0.29, 0.717) is 24.0 Å². The summed E-state index contributed by atoms with van der Waals surface area (Å²) < 4.78 is 10.6. The van der Waals surface area contributed by atoms with Gasteiger partial charge in [-0.2, -0.15) is 0 Å². The third kappa shape index (κ3) is 7.36. The molecule has 0 bridgehead atoms. The fraction of sp³-hybridized carbons (Fsp3) is 0.435. The molecule has 3 N–H and O–H groups in total. The number of methoxy groups -OCH3 is 2. The maximum absolute atomic E-state index is 6.08. The number of nitrogens with one attached hydrogen (secondary N) is 1. The van der Waals surface area contributed by atoms with Crippen molar-refractivity contribution in [2.24, 2.45) is 10.7 Å². The Morgan fingerprint density at radius 2 is 1.67 bits per heavy atom. The molecule has 3 rings (SSSR count). The second kappa shape index (κ2) is 12.6. The van der Waals surface area contributed by atoms with E-state index in [4.69, 9.17) is 15.2 Å². The molecule has 0 unspecified atom stereocenters. The molecule has 0 amide bonds. The lowest BCUT2D eigenvalue weighted by atomic mass is 10.1. The minimum Gasteiger partial charge on any atom is -0.493 e. The molecule has 2 aromatic carbocycles. The van der Waals surface area contributed by atoms with Gasteiger partial charge in [0, 0.05) is 18.3 Å². The second-order valence-electron chi connectivity index (χ2n) is 7.41. The highest BCUT2D eigenvalue weighted by Crippen LogP contribution is 2.29. The van der Waals surface area contributed by atoms with Gasteiger partial charge in [0.05, 0.1) is 20.8 Å². The third-order valence-corrected chi connectivity index (χ3v) is 5.18. The number of benzene rings is 2. The number of hydrogen-bond acceptors (Lipinski definition) is 4. The van der Waals surface area contributed by atoms with E-state index in [1.165, 1.54) is 44.3 Å². The molecule has 30 heavy (non-hydrogen) atoms. The quantitative estimate of drug-likeness (QED) is 0.314. The van der Waals surface area contributed by atoms with Crippen molar-refractivity contribution in [3.8, 4) is 11.5 Å². The molecule has 6 nitrogen and oxygen atoms in total. The zero-order valence-corrected chi connectivity index (χ0v) is 20.2. The predicted molar refractivity (Wildman–Crippen MR) is 134 cm³/mol. The first-order valence-electron chi connectivity index (χ1n) is 10.3. The molecule has 0 atom stereocenters. The summed E-state index contributed by atoms with van der Waals surface area (Å²) >= 11 is 0. The number of ether oxygens (including phenoxy) is 2. The maximum atomic E-state index is 6.08. The lowest BCUT2D eigenvalue weighted by molar-refractivity contribution is 0.277. The number of hydrogen-bond donors (Lipinski definition) is 2. The highest BCUT2D eigenvalue weighted by atomic mass is 127. The van der Waals surface area contributed by atoms with Crippen molar-refractivity contribution < 1.29 is 9.47 Å². The van der Waals surface area contributed by atoms with Crippen molar-refractivity contribution in [1.82, 2.24) is 4.90 Å². The van der Waals surface area contributed by atoms with Crippen LogP contribution in [0.1, 0.15) is 36.8 Å². The van der Waals surface area contributed by atoms with Gasteiger partial charge in [-0.15, -0.1) is 24.0 Å². The average Bonchev–Trinajstić information content (AvgIpc) is 3.01. The van der Waals surface area contributed by atoms with Crippen LogP contribution >= 0.6 is 24.0 Å². The fourth-order valence-electron chi connectivity index (χ4n) is 3.66. The molecule has 2 aromatic rings. The number of rotatable bonds is 7. The molecule has 0 radical (unpaired) electrons. The topological polar surface area (TPSA) is 72.1 Å². The highest BCUT2D eigenvalue weighted by Gasteiger charge is 2.10. The Balaban J connectivity index is 0.00000320. The molecule has 1 aliphatic heterocycles. The number of likely N-dealkylation sites (tertiary alicyclic amines) is 1. The van der Waals surface area contributed by atoms with Crippen molar-refractivity contribution in [2.75, 3.05) is 32.6 Å². The molecule has 1 aliphatic rings. The summed E-state index contributed by atoms with van der Waals surface area (Å²) in [5, 5.41) is 3.11. The van der Waals surface area contributed by atoms with E-state index < -0.39 is 0 Å². The molecule has 0 spiro atoms. The molecule has 0 aliphatic carbocycles. The number of aliphatic imine (C=N–C) groups is 1. The van der Waals surface area contributed by atoms with Crippen molar-refractivity contribution in [3.63, 3.8) is 0 Å². The first-order valence-corrected chi connectivity index (χ1v) is 10.3. The van der Waals surface area contributed by atoms with Crippen LogP contribution in [-0.2, 0) is 13.1 Å². The van der Waals surface area contributed by atoms with E-state index >= 15 is 0 Å². The lowest BCUT2D eigenvalue weighted by Crippen LogP contribution is -2.24. The van der Waals surface area contributed by atoms with Gasteiger partial charge in [-0.1, -0.05) is 37.1 Å². The van der Waals surface area contributed by atoms with Gasteiger partial charge in [-0.3, -0.25) is 4.90 Å². The molecule has 7 heteroatoms. The Bertz CT molecular complexity index is 821. The van der Waals surface area contributed by atoms with Crippen LogP contribution in [0.5, 0.6) is 11.5 Å². The van der Waals surface area contributed by atoms with Gasteiger partial charge in [0.2, 0.25) is 0 Å². The smallest absolute Gasteiger partial charge is 0.193 e. The molecule has 1 fully saturated rings. The van der Waals surface area contributed by atoms with Gasteiger partial charge in [0.15, 0.2) is 17.5 Å². The standard InChI is InChI=1S/C23H32N4O2.HI/c1-28-21-11-10-20(15-22(21)29-2)26-23(24)25-16-18-8-7-9-19(14-18)17-27-12-5-3-4-6-13-27;/h7-11,14-15H,3-6,12-13,16-17H2,1-2H3,(H3,24,25,26);1H. The van der Waals surface area contributed by atoms with Gasteiger partial charge < -0.3 is 20.5 Å². The SMILES string of the molecule is COc1ccc(NC(N)=NCc2cccc(CN3CCCCCC3)c2)cc1OC.I. The van der Waals surface area contributed by atoms with Gasteiger partial charge >= 0.3 is 0 Å². The minimum absolute atomic E-state index is 0. The van der Waals surface area contributed by atoms with E-state index in [-0.39, 0.29) is 24.0 Å². The first-order chi connectivity index (χ1) is 14.2. The average molecular weight is 524 g/mol. The second-order valence-corrected chi connectivity index (χ2v) is 7.41. The molecular weight excluding hydrogens is 491 g/mol. The summed E-state index contributed by atoms with van der Waals surface area (Å²) in [4.78, 5) is 7.05. The first kappa shape index (κ1) is 24.3. The zero-order chi connectivity index (χ0) is 20.5. The summed E-state index contributed by atoms with van der Waals surface area (Å²) in [6.45, 7) is 3.95. The van der Waals surface area contributed by atoms with Crippen molar-refractivity contribution >= 4 is 35.6 Å². The van der Waals surface area contributed by atoms with Gasteiger partial charge in [0.25, 0.3) is 0 Å². The largest absolute Gasteiger partial charge is 0.493 e. The van der Waals surface area contributed by atoms with E-state index in [9.17, 15) is 0 Å². The Morgan fingerprint density at radius 1 is 0.967 bits per heavy atom. The van der Waals surface area contributed by atoms with Crippen LogP contribution in [0.3, 0.4) is 0 Å². The number of guanidine groups is 1. The Morgan fingerprint density at radius 3 is 2.37 bits per heavy atom. The van der Waals surface area contributed by atoms with Gasteiger partial charge in [0.1, 0.15) is 0 Å². The fourth-order valence-corrected chi connectivity index (χ4v) is 3.66. The van der Waals surface area contributed by atoms with E-state index in [0.717, 1.165) is 17.8 Å². The summed E-state index contributed by atoms with van der Waals surface area (Å²) in [5.41, 5.74) is 9.38. The summed E-state index contributed by atoms with van der Waals surface area (Å²) in [5.74, 6) is 1.69. The molecule has 164 valence electrons. The number of anilines is 1. The molecule has 1 saturated heterocycles. The summed E-state index contributed by atoms with van der Waals surface area (Å²) in [6.07, 6.45) is 5.33. The zero-order valence-electron chi connectivity index (χ0n) is 17.9. The Labute approximate surface area is 196 Å². The minimum atomic E-state index is 0. The van der Waals surface area contributed by atoms with Gasteiger partial charge in [-0.25, -0.2) is 4.99 Å². The normalized spacial score (nSPS) is 15.1. The van der Waals surface area contributed by atoms with E-state index in [2.05, 4.69) is 39.5 Å². The van der Waals surface area contributed by atoms with E-state index in [1.807, 2.05) is 18.2 Å². The van der Waals surface area contributed by atoms with Crippen LogP contribution < -0.4 is 20.5 Å². The molecule has 0 aromatic heterocycles. The van der Waals surface area contributed by atoms with Crippen molar-refractivity contribution in [1.29, 1.82) is 0 Å². The van der Waals surface area contributed by atoms with Crippen LogP contribution in [0.2, 0.25) is 0 Å². The lowest BCUT2D eigenvalue weighted by Gasteiger charge is -2.20. The van der Waals surface area contributed by atoms with Crippen LogP contribution in [0, 0.1) is 0 Å². The monoisotopic (exact) mass is 524 g/mol. The van der Waals surface area contributed by atoms with Crippen LogP contribution in [-0.4, -0.2) is 38.2 Å². The Kier molecular flexibility index (Phi) is 10.2. The third-order valence-electron chi connectivity index (χ3n) is 5.18. The van der Waals surface area contributed by atoms with Crippen molar-refractivity contribution in [3.05, 3.63) is 53.6 Å². The highest BCUT2D eigenvalue weighted by molar-refractivity contribution is 14.0. The Hall–Kier alpha value is -2.00. The molecule has 0 saturated carbocycles. The van der Waals surface area contributed by atoms with Crippen LogP contribution in [0.4, 0.5) is 5.69 Å². The predicted octanol–water partition coefficient (Wildman–Crippen LogP) is 4.62. The van der Waals surface area contributed by atoms with Crippen LogP contribution in [0.15, 0.2) is 47.5 Å². The number of nitrogens with zero attached hydrogens (tertiary/aromatic N) is 2. The number of nitrogens with two attached hydrogens (primary N) is 1. The van der Waals surface area contributed by atoms with Crippen LogP contribution in [0.25, 0.3) is 0 Å². The molecule has 1 heterocycles. The van der Waals surface area contributed by atoms with E-state index in [1.54, 1.807) is 14.2 Å².